The number of hydrazine groups is 1. The fraction of sp³-hybridized carbons (Fsp3) is 0.647. The molecule has 5 heteroatoms. The number of nitrogens with one attached hydrogen (secondary N) is 2. The number of fused-ring (bicyclic) bond motifs is 1. The largest absolute Gasteiger partial charge is 0.454 e. The van der Waals surface area contributed by atoms with Crippen molar-refractivity contribution in [1.29, 1.82) is 0 Å². The predicted octanol–water partition coefficient (Wildman–Crippen LogP) is 2.13. The normalized spacial score (nSPS) is 24.2. The molecule has 2 atom stereocenters. The molecule has 1 fully saturated rings. The van der Waals surface area contributed by atoms with Gasteiger partial charge >= 0.3 is 0 Å². The zero-order valence-electron chi connectivity index (χ0n) is 14.0. The van der Waals surface area contributed by atoms with Crippen LogP contribution in [0.25, 0.3) is 0 Å². The van der Waals surface area contributed by atoms with Crippen LogP contribution < -0.4 is 20.3 Å². The summed E-state index contributed by atoms with van der Waals surface area (Å²) in [6.45, 7) is 9.04. The van der Waals surface area contributed by atoms with Crippen LogP contribution in [-0.2, 0) is 6.54 Å². The van der Waals surface area contributed by atoms with Gasteiger partial charge in [-0.05, 0) is 24.9 Å². The van der Waals surface area contributed by atoms with E-state index >= 15 is 0 Å². The fourth-order valence-electron chi connectivity index (χ4n) is 3.16. The van der Waals surface area contributed by atoms with Crippen molar-refractivity contribution < 1.29 is 9.47 Å². The highest BCUT2D eigenvalue weighted by molar-refractivity contribution is 5.48. The van der Waals surface area contributed by atoms with Gasteiger partial charge in [0.1, 0.15) is 0 Å². The first-order valence-electron chi connectivity index (χ1n) is 8.00. The lowest BCUT2D eigenvalue weighted by Crippen LogP contribution is -2.41. The van der Waals surface area contributed by atoms with Gasteiger partial charge in [0.15, 0.2) is 11.5 Å². The summed E-state index contributed by atoms with van der Waals surface area (Å²) in [6, 6.07) is 7.10. The van der Waals surface area contributed by atoms with Crippen LogP contribution in [0.2, 0.25) is 0 Å². The highest BCUT2D eigenvalue weighted by atomic mass is 16.7. The monoisotopic (exact) mass is 305 g/mol. The first kappa shape index (κ1) is 15.6. The summed E-state index contributed by atoms with van der Waals surface area (Å²) in [7, 11) is 2.15. The summed E-state index contributed by atoms with van der Waals surface area (Å²) in [5, 5.41) is 0. The standard InChI is InChI=1S/C17H27N3O2/c1-17(2,3)15-8-13(18-19-15)10-20(4)9-12-6-5-7-14-16(12)22-11-21-14/h5-7,13,15,18-19H,8-11H2,1-4H3. The van der Waals surface area contributed by atoms with Crippen molar-refractivity contribution in [2.24, 2.45) is 5.41 Å². The molecule has 5 nitrogen and oxygen atoms in total. The SMILES string of the molecule is CN(Cc1cccc2c1OCO2)CC1CC(C(C)(C)C)NN1. The molecule has 1 aromatic carbocycles. The van der Waals surface area contributed by atoms with Crippen LogP contribution in [0.3, 0.4) is 0 Å². The molecule has 0 bridgehead atoms. The van der Waals surface area contributed by atoms with Gasteiger partial charge in [-0.1, -0.05) is 32.9 Å². The zero-order chi connectivity index (χ0) is 15.7. The van der Waals surface area contributed by atoms with E-state index in [2.05, 4.69) is 49.6 Å². The Hall–Kier alpha value is -1.30. The van der Waals surface area contributed by atoms with Crippen molar-refractivity contribution in [3.05, 3.63) is 23.8 Å². The van der Waals surface area contributed by atoms with E-state index in [1.54, 1.807) is 0 Å². The van der Waals surface area contributed by atoms with E-state index in [0.29, 0.717) is 18.9 Å². The van der Waals surface area contributed by atoms with Gasteiger partial charge < -0.3 is 14.4 Å². The maximum atomic E-state index is 5.59. The van der Waals surface area contributed by atoms with Crippen molar-refractivity contribution in [3.63, 3.8) is 0 Å². The molecule has 2 aliphatic heterocycles. The fourth-order valence-corrected chi connectivity index (χ4v) is 3.16. The summed E-state index contributed by atoms with van der Waals surface area (Å²) >= 11 is 0. The van der Waals surface area contributed by atoms with Gasteiger partial charge in [-0.3, -0.25) is 10.9 Å². The zero-order valence-corrected chi connectivity index (χ0v) is 14.0. The molecule has 2 heterocycles. The average molecular weight is 305 g/mol. The number of rotatable bonds is 4. The minimum Gasteiger partial charge on any atom is -0.454 e. The number of hydrogen-bond donors (Lipinski definition) is 2. The van der Waals surface area contributed by atoms with Crippen LogP contribution in [0.5, 0.6) is 11.5 Å². The lowest BCUT2D eigenvalue weighted by atomic mass is 9.84. The number of likely N-dealkylation sites (N-methyl/N-ethyl adjacent to an activating group) is 1. The van der Waals surface area contributed by atoms with E-state index < -0.39 is 0 Å². The number of para-hydroxylation sites is 1. The Labute approximate surface area is 132 Å². The average Bonchev–Trinajstić information content (AvgIpc) is 3.06. The van der Waals surface area contributed by atoms with E-state index in [1.165, 1.54) is 5.56 Å². The van der Waals surface area contributed by atoms with Crippen molar-refractivity contribution in [2.75, 3.05) is 20.4 Å². The maximum absolute atomic E-state index is 5.59. The molecule has 0 radical (unpaired) electrons. The van der Waals surface area contributed by atoms with Crippen LogP contribution in [-0.4, -0.2) is 37.4 Å². The Morgan fingerprint density at radius 3 is 2.77 bits per heavy atom. The van der Waals surface area contributed by atoms with Gasteiger partial charge in [0.2, 0.25) is 6.79 Å². The molecule has 22 heavy (non-hydrogen) atoms. The molecule has 0 spiro atoms. The van der Waals surface area contributed by atoms with E-state index in [4.69, 9.17) is 9.47 Å². The van der Waals surface area contributed by atoms with Gasteiger partial charge in [0.25, 0.3) is 0 Å². The first-order valence-corrected chi connectivity index (χ1v) is 8.00. The molecule has 2 aliphatic rings. The Morgan fingerprint density at radius 1 is 1.23 bits per heavy atom. The summed E-state index contributed by atoms with van der Waals surface area (Å²) in [5.41, 5.74) is 8.34. The second-order valence-corrected chi connectivity index (χ2v) is 7.49. The van der Waals surface area contributed by atoms with Crippen LogP contribution in [0.1, 0.15) is 32.8 Å². The third kappa shape index (κ3) is 3.37. The van der Waals surface area contributed by atoms with Crippen molar-refractivity contribution in [3.8, 4) is 11.5 Å². The molecule has 2 N–H and O–H groups in total. The molecule has 1 saturated heterocycles. The van der Waals surface area contributed by atoms with Crippen molar-refractivity contribution >= 4 is 0 Å². The molecule has 1 aromatic rings. The summed E-state index contributed by atoms with van der Waals surface area (Å²) in [4.78, 5) is 2.34. The van der Waals surface area contributed by atoms with Crippen LogP contribution in [0.4, 0.5) is 0 Å². The van der Waals surface area contributed by atoms with Gasteiger partial charge in [-0.15, -0.1) is 0 Å². The first-order chi connectivity index (χ1) is 10.4. The highest BCUT2D eigenvalue weighted by Crippen LogP contribution is 2.35. The lowest BCUT2D eigenvalue weighted by Gasteiger charge is -2.26. The Morgan fingerprint density at radius 2 is 2.05 bits per heavy atom. The Balaban J connectivity index is 1.56. The number of nitrogens with zero attached hydrogens (tertiary/aromatic N) is 1. The van der Waals surface area contributed by atoms with Gasteiger partial charge in [-0.2, -0.15) is 0 Å². The van der Waals surface area contributed by atoms with Gasteiger partial charge in [0, 0.05) is 30.7 Å². The van der Waals surface area contributed by atoms with E-state index in [-0.39, 0.29) is 5.41 Å². The smallest absolute Gasteiger partial charge is 0.231 e. The second-order valence-electron chi connectivity index (χ2n) is 7.49. The molecule has 3 rings (SSSR count). The number of benzene rings is 1. The van der Waals surface area contributed by atoms with Crippen LogP contribution >= 0.6 is 0 Å². The second kappa shape index (κ2) is 6.07. The Kier molecular flexibility index (Phi) is 4.30. The lowest BCUT2D eigenvalue weighted by molar-refractivity contribution is 0.172. The highest BCUT2D eigenvalue weighted by Gasteiger charge is 2.33. The van der Waals surface area contributed by atoms with Crippen molar-refractivity contribution in [1.82, 2.24) is 15.8 Å². The van der Waals surface area contributed by atoms with E-state index in [0.717, 1.165) is 31.0 Å². The predicted molar refractivity (Wildman–Crippen MR) is 86.8 cm³/mol. The molecule has 0 aliphatic carbocycles. The summed E-state index contributed by atoms with van der Waals surface area (Å²) < 4.78 is 11.0. The number of hydrogen-bond acceptors (Lipinski definition) is 5. The summed E-state index contributed by atoms with van der Waals surface area (Å²) in [5.74, 6) is 1.76. The van der Waals surface area contributed by atoms with Crippen molar-refractivity contribution in [2.45, 2.75) is 45.8 Å². The minimum atomic E-state index is 0.283. The van der Waals surface area contributed by atoms with Gasteiger partial charge in [-0.25, -0.2) is 0 Å². The Bertz CT molecular complexity index is 527. The minimum absolute atomic E-state index is 0.283. The van der Waals surface area contributed by atoms with E-state index in [1.807, 2.05) is 12.1 Å². The number of ether oxygens (including phenoxy) is 2. The molecule has 0 amide bonds. The molecule has 122 valence electrons. The van der Waals surface area contributed by atoms with Gasteiger partial charge in [0.05, 0.1) is 0 Å². The van der Waals surface area contributed by atoms with Crippen LogP contribution in [0.15, 0.2) is 18.2 Å². The molecule has 2 unspecified atom stereocenters. The third-order valence-electron chi connectivity index (χ3n) is 4.48. The molecular weight excluding hydrogens is 278 g/mol. The topological polar surface area (TPSA) is 45.8 Å². The summed E-state index contributed by atoms with van der Waals surface area (Å²) in [6.07, 6.45) is 1.15. The molecule has 0 aromatic heterocycles. The maximum Gasteiger partial charge on any atom is 0.231 e. The molecule has 0 saturated carbocycles. The van der Waals surface area contributed by atoms with E-state index in [9.17, 15) is 0 Å². The third-order valence-corrected chi connectivity index (χ3v) is 4.48. The van der Waals surface area contributed by atoms with Crippen LogP contribution in [0, 0.1) is 5.41 Å². The molecular formula is C17H27N3O2. The quantitative estimate of drug-likeness (QED) is 0.892.